The van der Waals surface area contributed by atoms with Gasteiger partial charge in [-0.25, -0.2) is 0 Å². The first-order chi connectivity index (χ1) is 14.8. The maximum absolute atomic E-state index is 13.0. The van der Waals surface area contributed by atoms with E-state index in [4.69, 9.17) is 4.74 Å². The zero-order chi connectivity index (χ0) is 23.5. The summed E-state index contributed by atoms with van der Waals surface area (Å²) in [7, 11) is -5.85. The third-order valence-electron chi connectivity index (χ3n) is 5.39. The highest BCUT2D eigenvalue weighted by Crippen LogP contribution is 2.53. The van der Waals surface area contributed by atoms with Crippen LogP contribution < -0.4 is 14.2 Å². The molecule has 9 heteroatoms. The quantitative estimate of drug-likeness (QED) is 0.331. The van der Waals surface area contributed by atoms with Crippen LogP contribution in [0, 0.1) is 0 Å². The lowest BCUT2D eigenvalue weighted by Crippen LogP contribution is -2.32. The topological polar surface area (TPSA) is 64.6 Å². The summed E-state index contributed by atoms with van der Waals surface area (Å²) < 4.78 is 73.1. The number of allylic oxidation sites excluding steroid dienone is 1. The molecular weight excluding hydrogens is 443 g/mol. The molecule has 0 saturated heterocycles. The molecule has 2 heterocycles. The predicted octanol–water partition coefficient (Wildman–Crippen LogP) is 6.20. The summed E-state index contributed by atoms with van der Waals surface area (Å²) in [4.78, 5) is 0. The van der Waals surface area contributed by atoms with Gasteiger partial charge in [0.25, 0.3) is 0 Å². The van der Waals surface area contributed by atoms with Gasteiger partial charge in [-0.1, -0.05) is 24.3 Å². The van der Waals surface area contributed by atoms with Gasteiger partial charge in [-0.05, 0) is 50.1 Å². The van der Waals surface area contributed by atoms with Crippen molar-refractivity contribution < 1.29 is 30.5 Å². The van der Waals surface area contributed by atoms with Gasteiger partial charge in [0, 0.05) is 23.2 Å². The molecular formula is C23H22F3NO4S. The minimum atomic E-state index is -5.85. The molecule has 32 heavy (non-hydrogen) atoms. The lowest BCUT2D eigenvalue weighted by Gasteiger charge is -2.37. The Morgan fingerprint density at radius 2 is 1.94 bits per heavy atom. The first kappa shape index (κ1) is 22.3. The maximum Gasteiger partial charge on any atom is 0.534 e. The van der Waals surface area contributed by atoms with Crippen LogP contribution in [0.5, 0.6) is 11.5 Å². The van der Waals surface area contributed by atoms with Gasteiger partial charge in [-0.3, -0.25) is 0 Å². The van der Waals surface area contributed by atoms with Gasteiger partial charge in [-0.15, -0.1) is 6.58 Å². The smallest absolute Gasteiger partial charge is 0.485 e. The van der Waals surface area contributed by atoms with Crippen LogP contribution in [0.2, 0.25) is 0 Å². The standard InChI is InChI=1S/C23H22F3NO4S/c1-5-7-16-21-14(10-11-15-19(21)13(2)12-22(3,4)27-15)20-17(30-16)8-6-9-18(20)31-32(28,29)23(24,25)26/h5-6,8-12,16,27H,1,7H2,2-4H3. The van der Waals surface area contributed by atoms with E-state index in [0.717, 1.165) is 22.4 Å². The molecule has 4 rings (SSSR count). The normalized spacial score (nSPS) is 18.8. The zero-order valence-electron chi connectivity index (χ0n) is 17.7. The molecule has 2 aliphatic rings. The lowest BCUT2D eigenvalue weighted by molar-refractivity contribution is -0.0500. The first-order valence-corrected chi connectivity index (χ1v) is 11.3. The number of anilines is 1. The van der Waals surface area contributed by atoms with E-state index in [0.29, 0.717) is 12.0 Å². The van der Waals surface area contributed by atoms with Crippen LogP contribution in [0.25, 0.3) is 16.7 Å². The highest BCUT2D eigenvalue weighted by Gasteiger charge is 2.49. The lowest BCUT2D eigenvalue weighted by atomic mass is 9.81. The molecule has 1 unspecified atom stereocenters. The molecule has 1 N–H and O–H groups in total. The maximum atomic E-state index is 13.0. The second-order valence-electron chi connectivity index (χ2n) is 8.37. The number of halogens is 3. The minimum Gasteiger partial charge on any atom is -0.485 e. The van der Waals surface area contributed by atoms with Crippen LogP contribution in [-0.4, -0.2) is 19.5 Å². The van der Waals surface area contributed by atoms with Crippen molar-refractivity contribution in [3.8, 4) is 22.6 Å². The van der Waals surface area contributed by atoms with Crippen LogP contribution in [0.1, 0.15) is 44.4 Å². The van der Waals surface area contributed by atoms with Crippen LogP contribution in [-0.2, 0) is 10.1 Å². The molecule has 0 spiro atoms. The van der Waals surface area contributed by atoms with Crippen molar-refractivity contribution >= 4 is 21.4 Å². The van der Waals surface area contributed by atoms with Crippen molar-refractivity contribution in [3.63, 3.8) is 0 Å². The number of nitrogens with one attached hydrogen (secondary N) is 1. The van der Waals surface area contributed by atoms with Gasteiger partial charge in [0.15, 0.2) is 5.75 Å². The summed E-state index contributed by atoms with van der Waals surface area (Å²) in [5.41, 5.74) is -1.68. The Labute approximate surface area is 184 Å². The van der Waals surface area contributed by atoms with Crippen molar-refractivity contribution in [1.29, 1.82) is 0 Å². The Kier molecular flexibility index (Phi) is 5.08. The average Bonchev–Trinajstić information content (AvgIpc) is 2.65. The van der Waals surface area contributed by atoms with Crippen LogP contribution in [0.15, 0.2) is 49.1 Å². The molecule has 2 aromatic carbocycles. The number of alkyl halides is 3. The molecule has 0 fully saturated rings. The van der Waals surface area contributed by atoms with Crippen molar-refractivity contribution in [2.24, 2.45) is 0 Å². The molecule has 170 valence electrons. The Morgan fingerprint density at radius 3 is 2.59 bits per heavy atom. The Balaban J connectivity index is 1.97. The number of benzene rings is 2. The van der Waals surface area contributed by atoms with Gasteiger partial charge < -0.3 is 14.2 Å². The summed E-state index contributed by atoms with van der Waals surface area (Å²) in [5.74, 6) is -0.200. The van der Waals surface area contributed by atoms with Crippen LogP contribution in [0.4, 0.5) is 18.9 Å². The third kappa shape index (κ3) is 3.64. The van der Waals surface area contributed by atoms with Crippen molar-refractivity contribution in [2.75, 3.05) is 5.32 Å². The number of rotatable bonds is 4. The molecule has 0 amide bonds. The highest BCUT2D eigenvalue weighted by molar-refractivity contribution is 7.88. The van der Waals surface area contributed by atoms with Gasteiger partial charge in [0.2, 0.25) is 0 Å². The van der Waals surface area contributed by atoms with Gasteiger partial charge >= 0.3 is 15.6 Å². The van der Waals surface area contributed by atoms with E-state index in [1.165, 1.54) is 12.1 Å². The van der Waals surface area contributed by atoms with E-state index in [2.05, 4.69) is 22.2 Å². The van der Waals surface area contributed by atoms with E-state index >= 15 is 0 Å². The summed E-state index contributed by atoms with van der Waals surface area (Å²) in [5, 5.41) is 3.44. The summed E-state index contributed by atoms with van der Waals surface area (Å²) in [6.07, 6.45) is 3.76. The van der Waals surface area contributed by atoms with E-state index in [9.17, 15) is 21.6 Å². The average molecular weight is 465 g/mol. The van der Waals surface area contributed by atoms with Crippen molar-refractivity contribution in [2.45, 2.75) is 44.3 Å². The second kappa shape index (κ2) is 7.30. The third-order valence-corrected chi connectivity index (χ3v) is 6.35. The number of hydrogen-bond acceptors (Lipinski definition) is 5. The Bertz CT molecular complexity index is 1250. The predicted molar refractivity (Wildman–Crippen MR) is 117 cm³/mol. The minimum absolute atomic E-state index is 0.163. The van der Waals surface area contributed by atoms with Crippen molar-refractivity contribution in [1.82, 2.24) is 0 Å². The zero-order valence-corrected chi connectivity index (χ0v) is 18.5. The fourth-order valence-corrected chi connectivity index (χ4v) is 4.81. The van der Waals surface area contributed by atoms with E-state index in [1.807, 2.05) is 26.8 Å². The van der Waals surface area contributed by atoms with Crippen LogP contribution >= 0.6 is 0 Å². The summed E-state index contributed by atoms with van der Waals surface area (Å²) in [6, 6.07) is 7.74. The van der Waals surface area contributed by atoms with Gasteiger partial charge in [0.1, 0.15) is 11.9 Å². The largest absolute Gasteiger partial charge is 0.534 e. The van der Waals surface area contributed by atoms with E-state index in [-0.39, 0.29) is 16.9 Å². The number of hydrogen-bond donors (Lipinski definition) is 1. The number of fused-ring (bicyclic) bond motifs is 5. The number of ether oxygens (including phenoxy) is 1. The summed E-state index contributed by atoms with van der Waals surface area (Å²) in [6.45, 7) is 9.80. The SMILES string of the molecule is C=CCC1Oc2cccc(OS(=O)(=O)C(F)(F)F)c2-c2ccc3c(c21)C(C)=CC(C)(C)N3. The fraction of sp³-hybridized carbons (Fsp3) is 0.304. The Hall–Kier alpha value is -2.94. The van der Waals surface area contributed by atoms with Crippen LogP contribution in [0.3, 0.4) is 0 Å². The molecule has 5 nitrogen and oxygen atoms in total. The molecule has 0 saturated carbocycles. The fourth-order valence-electron chi connectivity index (χ4n) is 4.34. The van der Waals surface area contributed by atoms with Gasteiger partial charge in [-0.2, -0.15) is 21.6 Å². The van der Waals surface area contributed by atoms with Crippen molar-refractivity contribution in [3.05, 3.63) is 60.2 Å². The molecule has 0 bridgehead atoms. The molecule has 2 aliphatic heterocycles. The molecule has 2 aromatic rings. The first-order valence-electron chi connectivity index (χ1n) is 9.91. The summed E-state index contributed by atoms with van der Waals surface area (Å²) >= 11 is 0. The molecule has 0 aliphatic carbocycles. The highest BCUT2D eigenvalue weighted by atomic mass is 32.2. The van der Waals surface area contributed by atoms with E-state index < -0.39 is 27.5 Å². The van der Waals surface area contributed by atoms with E-state index in [1.54, 1.807) is 18.2 Å². The molecule has 0 radical (unpaired) electrons. The molecule has 0 aromatic heterocycles. The second-order valence-corrected chi connectivity index (χ2v) is 9.90. The molecule has 1 atom stereocenters. The monoisotopic (exact) mass is 465 g/mol. The Morgan fingerprint density at radius 1 is 1.22 bits per heavy atom. The van der Waals surface area contributed by atoms with Gasteiger partial charge in [0.05, 0.1) is 11.1 Å².